The Morgan fingerprint density at radius 3 is 2.52 bits per heavy atom. The van der Waals surface area contributed by atoms with Crippen molar-refractivity contribution in [3.8, 4) is 5.75 Å². The zero-order valence-corrected chi connectivity index (χ0v) is 17.5. The number of carbonyl (C=O) groups is 4. The lowest BCUT2D eigenvalue weighted by Crippen LogP contribution is -2.36. The maximum absolute atomic E-state index is 12.7. The van der Waals surface area contributed by atoms with Crippen molar-refractivity contribution >= 4 is 46.5 Å². The van der Waals surface area contributed by atoms with Gasteiger partial charge in [-0.25, -0.2) is 4.79 Å². The van der Waals surface area contributed by atoms with Crippen LogP contribution in [0.3, 0.4) is 0 Å². The number of ether oxygens (including phenoxy) is 1. The normalized spacial score (nSPS) is 14.7. The number of aliphatic carboxylic acids is 1. The largest absolute Gasteiger partial charge is 0.481 e. The second kappa shape index (κ2) is 9.94. The molecule has 31 heavy (non-hydrogen) atoms. The van der Waals surface area contributed by atoms with Crippen molar-refractivity contribution in [3.05, 3.63) is 64.6 Å². The fourth-order valence-corrected chi connectivity index (χ4v) is 3.65. The van der Waals surface area contributed by atoms with Gasteiger partial charge in [-0.2, -0.15) is 0 Å². The van der Waals surface area contributed by atoms with Crippen molar-refractivity contribution in [2.45, 2.75) is 13.3 Å². The maximum atomic E-state index is 12.7. The average molecular weight is 440 g/mol. The number of benzene rings is 2. The Hall–Kier alpha value is -3.59. The first kappa shape index (κ1) is 22.1. The molecule has 9 heteroatoms. The summed E-state index contributed by atoms with van der Waals surface area (Å²) < 4.78 is 5.22. The van der Waals surface area contributed by atoms with E-state index in [0.29, 0.717) is 23.0 Å². The second-order valence-corrected chi connectivity index (χ2v) is 7.58. The highest BCUT2D eigenvalue weighted by molar-refractivity contribution is 8.18. The second-order valence-electron chi connectivity index (χ2n) is 6.59. The third-order valence-corrected chi connectivity index (χ3v) is 5.29. The molecule has 0 aromatic heterocycles. The number of aryl methyl sites for hydroxylation is 1. The zero-order chi connectivity index (χ0) is 22.4. The molecule has 2 N–H and O–H groups in total. The van der Waals surface area contributed by atoms with E-state index in [9.17, 15) is 19.2 Å². The lowest BCUT2D eigenvalue weighted by molar-refractivity contribution is -0.139. The van der Waals surface area contributed by atoms with Gasteiger partial charge < -0.3 is 15.2 Å². The predicted octanol–water partition coefficient (Wildman–Crippen LogP) is 3.39. The minimum atomic E-state index is -1.13. The van der Waals surface area contributed by atoms with Crippen molar-refractivity contribution < 1.29 is 29.0 Å². The summed E-state index contributed by atoms with van der Waals surface area (Å²) in [5.41, 5.74) is 2.16. The van der Waals surface area contributed by atoms with Crippen molar-refractivity contribution in [1.29, 1.82) is 0 Å². The Morgan fingerprint density at radius 1 is 1.13 bits per heavy atom. The number of carboxylic acid groups (broad SMARTS) is 1. The van der Waals surface area contributed by atoms with Gasteiger partial charge in [0.05, 0.1) is 4.91 Å². The van der Waals surface area contributed by atoms with E-state index in [2.05, 4.69) is 5.32 Å². The smallest absolute Gasteiger partial charge is 0.341 e. The molecular weight excluding hydrogens is 420 g/mol. The van der Waals surface area contributed by atoms with Crippen LogP contribution in [-0.2, 0) is 20.8 Å². The van der Waals surface area contributed by atoms with Gasteiger partial charge in [-0.15, -0.1) is 0 Å². The van der Waals surface area contributed by atoms with Gasteiger partial charge in [0.1, 0.15) is 12.3 Å². The maximum Gasteiger partial charge on any atom is 0.341 e. The number of hydrogen-bond donors (Lipinski definition) is 2. The van der Waals surface area contributed by atoms with Crippen molar-refractivity contribution in [1.82, 2.24) is 4.90 Å². The van der Waals surface area contributed by atoms with Gasteiger partial charge in [0.15, 0.2) is 6.61 Å². The number of imide groups is 1. The number of rotatable bonds is 8. The molecule has 0 bridgehead atoms. The van der Waals surface area contributed by atoms with Crippen LogP contribution in [0, 0.1) is 0 Å². The van der Waals surface area contributed by atoms with E-state index >= 15 is 0 Å². The molecule has 1 heterocycles. The number of nitrogens with one attached hydrogen (secondary N) is 1. The summed E-state index contributed by atoms with van der Waals surface area (Å²) in [5.74, 6) is -1.95. The third kappa shape index (κ3) is 5.73. The molecule has 8 nitrogen and oxygen atoms in total. The topological polar surface area (TPSA) is 113 Å². The number of carboxylic acids is 1. The Bertz CT molecular complexity index is 1050. The summed E-state index contributed by atoms with van der Waals surface area (Å²) in [7, 11) is 0. The van der Waals surface area contributed by atoms with E-state index in [4.69, 9.17) is 9.84 Å². The Labute approximate surface area is 182 Å². The van der Waals surface area contributed by atoms with Crippen molar-refractivity contribution in [3.63, 3.8) is 0 Å². The van der Waals surface area contributed by atoms with Crippen LogP contribution in [0.5, 0.6) is 5.75 Å². The van der Waals surface area contributed by atoms with Gasteiger partial charge in [0.25, 0.3) is 11.1 Å². The fourth-order valence-electron chi connectivity index (χ4n) is 2.82. The quantitative estimate of drug-likeness (QED) is 0.605. The summed E-state index contributed by atoms with van der Waals surface area (Å²) in [5, 5.41) is 10.9. The van der Waals surface area contributed by atoms with Crippen LogP contribution < -0.4 is 10.1 Å². The highest BCUT2D eigenvalue weighted by atomic mass is 32.2. The van der Waals surface area contributed by atoms with E-state index < -0.39 is 36.2 Å². The Balaban J connectivity index is 1.69. The lowest BCUT2D eigenvalue weighted by Gasteiger charge is -2.12. The molecule has 0 radical (unpaired) electrons. The van der Waals surface area contributed by atoms with E-state index in [1.807, 2.05) is 19.1 Å². The molecule has 1 aliphatic rings. The predicted molar refractivity (Wildman–Crippen MR) is 117 cm³/mol. The molecule has 2 aromatic carbocycles. The van der Waals surface area contributed by atoms with E-state index in [1.165, 1.54) is 6.08 Å². The molecule has 2 aromatic rings. The number of anilines is 1. The fraction of sp³-hybridized carbons (Fsp3) is 0.182. The Morgan fingerprint density at radius 2 is 1.84 bits per heavy atom. The molecule has 1 saturated heterocycles. The zero-order valence-electron chi connectivity index (χ0n) is 16.7. The molecule has 3 amide bonds. The summed E-state index contributed by atoms with van der Waals surface area (Å²) in [6.07, 6.45) is 2.32. The first-order valence-corrected chi connectivity index (χ1v) is 10.3. The summed E-state index contributed by atoms with van der Waals surface area (Å²) in [4.78, 5) is 49.0. The molecule has 0 unspecified atom stereocenters. The van der Waals surface area contributed by atoms with Gasteiger partial charge in [-0.3, -0.25) is 19.3 Å². The monoisotopic (exact) mass is 440 g/mol. The first-order chi connectivity index (χ1) is 14.9. The van der Waals surface area contributed by atoms with Crippen LogP contribution in [0.25, 0.3) is 6.08 Å². The van der Waals surface area contributed by atoms with E-state index in [-0.39, 0.29) is 10.7 Å². The van der Waals surface area contributed by atoms with E-state index in [1.54, 1.807) is 36.4 Å². The molecule has 3 rings (SSSR count). The molecule has 0 atom stereocenters. The van der Waals surface area contributed by atoms with Crippen LogP contribution in [0.2, 0.25) is 0 Å². The molecule has 0 aliphatic carbocycles. The number of para-hydroxylation sites is 1. The lowest BCUT2D eigenvalue weighted by atomic mass is 10.1. The van der Waals surface area contributed by atoms with Crippen LogP contribution in [-0.4, -0.2) is 46.2 Å². The van der Waals surface area contributed by atoms with Crippen LogP contribution in [0.4, 0.5) is 10.5 Å². The molecule has 160 valence electrons. The van der Waals surface area contributed by atoms with Crippen LogP contribution in [0.1, 0.15) is 18.1 Å². The molecule has 1 fully saturated rings. The molecule has 0 saturated carbocycles. The number of carbonyl (C=O) groups excluding carboxylic acids is 3. The van der Waals surface area contributed by atoms with Crippen LogP contribution in [0.15, 0.2) is 53.4 Å². The van der Waals surface area contributed by atoms with Gasteiger partial charge in [0, 0.05) is 11.3 Å². The highest BCUT2D eigenvalue weighted by Gasteiger charge is 2.36. The number of amides is 3. The van der Waals surface area contributed by atoms with Gasteiger partial charge in [-0.1, -0.05) is 37.3 Å². The minimum absolute atomic E-state index is 0.122. The van der Waals surface area contributed by atoms with Crippen molar-refractivity contribution in [2.75, 3.05) is 18.5 Å². The number of thioether (sulfide) groups is 1. The highest BCUT2D eigenvalue weighted by Crippen LogP contribution is 2.33. The SMILES string of the molecule is CCc1ccc(NC(=O)CN2C(=O)S/C(=C/c3ccccc3OCC(=O)O)C2=O)cc1. The van der Waals surface area contributed by atoms with Gasteiger partial charge in [0.2, 0.25) is 5.91 Å². The van der Waals surface area contributed by atoms with E-state index in [0.717, 1.165) is 16.9 Å². The third-order valence-electron chi connectivity index (χ3n) is 4.38. The summed E-state index contributed by atoms with van der Waals surface area (Å²) in [6, 6.07) is 13.9. The summed E-state index contributed by atoms with van der Waals surface area (Å²) >= 11 is 0.710. The first-order valence-electron chi connectivity index (χ1n) is 9.45. The van der Waals surface area contributed by atoms with Gasteiger partial charge >= 0.3 is 5.97 Å². The number of nitrogens with zero attached hydrogens (tertiary/aromatic N) is 1. The average Bonchev–Trinajstić information content (AvgIpc) is 3.01. The molecule has 0 spiro atoms. The molecular formula is C22H20N2O6S. The van der Waals surface area contributed by atoms with Gasteiger partial charge in [-0.05, 0) is 48.0 Å². The molecule has 1 aliphatic heterocycles. The number of hydrogen-bond acceptors (Lipinski definition) is 6. The standard InChI is InChI=1S/C22H20N2O6S/c1-2-14-7-9-16(10-8-14)23-19(25)12-24-21(28)18(31-22(24)29)11-15-5-3-4-6-17(15)30-13-20(26)27/h3-11H,2,12-13H2,1H3,(H,23,25)(H,26,27)/b18-11+. The minimum Gasteiger partial charge on any atom is -0.481 e. The van der Waals surface area contributed by atoms with Crippen LogP contribution >= 0.6 is 11.8 Å². The summed E-state index contributed by atoms with van der Waals surface area (Å²) in [6.45, 7) is 1.08. The Kier molecular flexibility index (Phi) is 7.09. The van der Waals surface area contributed by atoms with Crippen molar-refractivity contribution in [2.24, 2.45) is 0 Å².